The average molecular weight is 226 g/mol. The molecule has 84 valence electrons. The number of allylic oxidation sites excluding steroid dienone is 6. The van der Waals surface area contributed by atoms with E-state index in [2.05, 4.69) is 6.08 Å². The Bertz CT molecular complexity index is 257. The lowest BCUT2D eigenvalue weighted by Crippen LogP contribution is -2.14. The van der Waals surface area contributed by atoms with Crippen LogP contribution in [0.1, 0.15) is 26.7 Å². The van der Waals surface area contributed by atoms with Gasteiger partial charge in [0, 0.05) is 0 Å². The molecule has 0 saturated heterocycles. The zero-order valence-corrected chi connectivity index (χ0v) is 10.4. The summed E-state index contributed by atoms with van der Waals surface area (Å²) >= 11 is 1.70. The molecule has 0 bridgehead atoms. The fourth-order valence-electron chi connectivity index (χ4n) is 1.13. The van der Waals surface area contributed by atoms with E-state index in [0.717, 1.165) is 12.8 Å². The lowest BCUT2D eigenvalue weighted by Gasteiger charge is -2.05. The van der Waals surface area contributed by atoms with E-state index in [1.165, 1.54) is 4.91 Å². The monoisotopic (exact) mass is 226 g/mol. The third-order valence-corrected chi connectivity index (χ3v) is 2.75. The molecule has 15 heavy (non-hydrogen) atoms. The highest BCUT2D eigenvalue weighted by Gasteiger charge is 2.11. The molecule has 2 nitrogen and oxygen atoms in total. The molecule has 0 aromatic heterocycles. The maximum absolute atomic E-state index is 8.96. The summed E-state index contributed by atoms with van der Waals surface area (Å²) in [5.74, 6) is 0. The van der Waals surface area contributed by atoms with E-state index in [9.17, 15) is 0 Å². The van der Waals surface area contributed by atoms with Crippen molar-refractivity contribution in [2.45, 2.75) is 26.7 Å². The Labute approximate surface area is 96.9 Å². The second-order valence-corrected chi connectivity index (χ2v) is 3.73. The molecule has 4 heteroatoms. The zero-order valence-electron chi connectivity index (χ0n) is 9.60. The highest BCUT2D eigenvalue weighted by atomic mass is 32.2. The Balaban J connectivity index is 0.000000921. The maximum atomic E-state index is 8.96. The SMILES string of the molecule is CC.CSC1=CC/C=C\C(B(O)O)=C/C1. The molecule has 0 aromatic carbocycles. The molecule has 0 heterocycles. The van der Waals surface area contributed by atoms with Crippen molar-refractivity contribution in [1.82, 2.24) is 0 Å². The van der Waals surface area contributed by atoms with Crippen LogP contribution in [0.2, 0.25) is 0 Å². The largest absolute Gasteiger partial charge is 0.488 e. The van der Waals surface area contributed by atoms with Crippen LogP contribution >= 0.6 is 11.8 Å². The molecule has 0 aliphatic heterocycles. The van der Waals surface area contributed by atoms with Crippen molar-refractivity contribution in [3.8, 4) is 0 Å². The van der Waals surface area contributed by atoms with E-state index >= 15 is 0 Å². The van der Waals surface area contributed by atoms with Gasteiger partial charge in [-0.1, -0.05) is 38.2 Å². The molecular weight excluding hydrogens is 207 g/mol. The zero-order chi connectivity index (χ0) is 11.7. The molecule has 1 aliphatic carbocycles. The Hall–Kier alpha value is -0.445. The van der Waals surface area contributed by atoms with E-state index in [1.807, 2.05) is 32.3 Å². The normalized spacial score (nSPS) is 20.9. The van der Waals surface area contributed by atoms with Gasteiger partial charge in [0.1, 0.15) is 0 Å². The first kappa shape index (κ1) is 14.6. The lowest BCUT2D eigenvalue weighted by atomic mass is 9.78. The van der Waals surface area contributed by atoms with Gasteiger partial charge in [0.05, 0.1) is 0 Å². The predicted molar refractivity (Wildman–Crippen MR) is 69.6 cm³/mol. The van der Waals surface area contributed by atoms with Crippen molar-refractivity contribution in [3.05, 3.63) is 34.7 Å². The molecule has 0 atom stereocenters. The Kier molecular flexibility index (Phi) is 8.57. The van der Waals surface area contributed by atoms with Gasteiger partial charge in [-0.2, -0.15) is 0 Å². The third-order valence-electron chi connectivity index (χ3n) is 1.89. The quantitative estimate of drug-likeness (QED) is 0.711. The second-order valence-electron chi connectivity index (χ2n) is 2.79. The molecule has 1 aliphatic rings. The number of hydrogen-bond donors (Lipinski definition) is 2. The van der Waals surface area contributed by atoms with Crippen molar-refractivity contribution < 1.29 is 10.0 Å². The van der Waals surface area contributed by atoms with Crippen LogP contribution < -0.4 is 0 Å². The van der Waals surface area contributed by atoms with Gasteiger partial charge >= 0.3 is 7.12 Å². The molecule has 0 saturated carbocycles. The molecule has 0 fully saturated rings. The predicted octanol–water partition coefficient (Wildman–Crippen LogP) is 2.55. The molecule has 0 spiro atoms. The van der Waals surface area contributed by atoms with Crippen LogP contribution in [-0.4, -0.2) is 23.4 Å². The number of thioether (sulfide) groups is 1. The van der Waals surface area contributed by atoms with E-state index in [0.29, 0.717) is 5.47 Å². The summed E-state index contributed by atoms with van der Waals surface area (Å²) < 4.78 is 0. The summed E-state index contributed by atoms with van der Waals surface area (Å²) in [7, 11) is -1.35. The fourth-order valence-corrected chi connectivity index (χ4v) is 1.64. The minimum Gasteiger partial charge on any atom is -0.423 e. The molecule has 2 N–H and O–H groups in total. The van der Waals surface area contributed by atoms with Crippen LogP contribution in [0, 0.1) is 0 Å². The van der Waals surface area contributed by atoms with Gasteiger partial charge in [-0.25, -0.2) is 0 Å². The van der Waals surface area contributed by atoms with Crippen molar-refractivity contribution in [2.75, 3.05) is 6.26 Å². The number of hydrogen-bond acceptors (Lipinski definition) is 3. The summed E-state index contributed by atoms with van der Waals surface area (Å²) in [5, 5.41) is 17.9. The van der Waals surface area contributed by atoms with Crippen molar-refractivity contribution in [3.63, 3.8) is 0 Å². The maximum Gasteiger partial charge on any atom is 0.488 e. The first-order chi connectivity index (χ1) is 7.24. The van der Waals surface area contributed by atoms with Crippen LogP contribution in [0.3, 0.4) is 0 Å². The minimum atomic E-state index is -1.35. The van der Waals surface area contributed by atoms with Crippen molar-refractivity contribution >= 4 is 18.9 Å². The summed E-state index contributed by atoms with van der Waals surface area (Å²) in [5.41, 5.74) is 0.583. The standard InChI is InChI=1S/C9H13BO2S.C2H6/c1-13-9-5-3-2-4-8(6-7-9)10(11)12;1-2/h2,4-6,11-12H,3,7H2,1H3;1-2H3/b4-2-,8-6+,9-5?;. The van der Waals surface area contributed by atoms with E-state index in [1.54, 1.807) is 17.8 Å². The third kappa shape index (κ3) is 5.87. The summed E-state index contributed by atoms with van der Waals surface area (Å²) in [6.07, 6.45) is 11.4. The molecule has 0 radical (unpaired) electrons. The summed E-state index contributed by atoms with van der Waals surface area (Å²) in [6, 6.07) is 0. The van der Waals surface area contributed by atoms with Gasteiger partial charge in [0.2, 0.25) is 0 Å². The topological polar surface area (TPSA) is 40.5 Å². The fraction of sp³-hybridized carbons (Fsp3) is 0.455. The van der Waals surface area contributed by atoms with E-state index < -0.39 is 7.12 Å². The van der Waals surface area contributed by atoms with Crippen molar-refractivity contribution in [2.24, 2.45) is 0 Å². The summed E-state index contributed by atoms with van der Waals surface area (Å²) in [6.45, 7) is 4.00. The second kappa shape index (κ2) is 8.83. The van der Waals surface area contributed by atoms with E-state index in [-0.39, 0.29) is 0 Å². The minimum absolute atomic E-state index is 0.583. The van der Waals surface area contributed by atoms with Crippen LogP contribution in [0.25, 0.3) is 0 Å². The summed E-state index contributed by atoms with van der Waals surface area (Å²) in [4.78, 5) is 1.27. The van der Waals surface area contributed by atoms with Gasteiger partial charge in [0.15, 0.2) is 0 Å². The average Bonchev–Trinajstić information content (AvgIpc) is 2.20. The Morgan fingerprint density at radius 2 is 1.93 bits per heavy atom. The van der Waals surface area contributed by atoms with E-state index in [4.69, 9.17) is 10.0 Å². The molecule has 0 aromatic rings. The molecule has 1 rings (SSSR count). The van der Waals surface area contributed by atoms with Crippen LogP contribution in [0.4, 0.5) is 0 Å². The number of rotatable bonds is 2. The molecule has 0 amide bonds. The van der Waals surface area contributed by atoms with Gasteiger partial charge in [-0.05, 0) is 29.5 Å². The highest BCUT2D eigenvalue weighted by molar-refractivity contribution is 8.02. The van der Waals surface area contributed by atoms with Crippen molar-refractivity contribution in [1.29, 1.82) is 0 Å². The molecule has 0 unspecified atom stereocenters. The van der Waals surface area contributed by atoms with Gasteiger partial charge < -0.3 is 10.0 Å². The highest BCUT2D eigenvalue weighted by Crippen LogP contribution is 2.20. The van der Waals surface area contributed by atoms with Crippen LogP contribution in [0.5, 0.6) is 0 Å². The van der Waals surface area contributed by atoms with Crippen LogP contribution in [-0.2, 0) is 0 Å². The smallest absolute Gasteiger partial charge is 0.423 e. The van der Waals surface area contributed by atoms with Gasteiger partial charge in [-0.15, -0.1) is 11.8 Å². The Morgan fingerprint density at radius 1 is 1.27 bits per heavy atom. The first-order valence-corrected chi connectivity index (χ1v) is 6.42. The molecular formula is C11H19BO2S. The van der Waals surface area contributed by atoms with Crippen LogP contribution in [0.15, 0.2) is 34.7 Å². The van der Waals surface area contributed by atoms with Gasteiger partial charge in [-0.3, -0.25) is 0 Å². The Morgan fingerprint density at radius 3 is 2.47 bits per heavy atom. The first-order valence-electron chi connectivity index (χ1n) is 5.20. The van der Waals surface area contributed by atoms with Gasteiger partial charge in [0.25, 0.3) is 0 Å². The lowest BCUT2D eigenvalue weighted by molar-refractivity contribution is 0.420.